The molecule has 1 spiro atoms. The summed E-state index contributed by atoms with van der Waals surface area (Å²) < 4.78 is 33.0. The molecule has 2 fully saturated rings. The summed E-state index contributed by atoms with van der Waals surface area (Å²) in [6, 6.07) is 7.00. The van der Waals surface area contributed by atoms with E-state index in [-0.39, 0.29) is 44.5 Å². The van der Waals surface area contributed by atoms with E-state index in [2.05, 4.69) is 10.3 Å². The highest BCUT2D eigenvalue weighted by Crippen LogP contribution is 2.38. The number of aromatic nitrogens is 1. The number of carbonyl (C=O) groups excluding carboxylic acids is 2. The summed E-state index contributed by atoms with van der Waals surface area (Å²) in [7, 11) is 0. The molecule has 2 aromatic rings. The fourth-order valence-corrected chi connectivity index (χ4v) is 3.96. The number of likely N-dealkylation sites (tertiary alicyclic amines) is 1. The van der Waals surface area contributed by atoms with Gasteiger partial charge >= 0.3 is 0 Å². The standard InChI is InChI=1S/C20H19F2N3O3/c21-16-4-3-13(8-17(16)22)15-10-25(19(27)14-2-1-6-23-9-14)11-20(15)12-28-7-5-18(26)24-20/h1-4,6,8-9,15H,5,7,10-12H2,(H,24,26)/t15-,20-/m0/s1. The molecule has 2 amide bonds. The lowest BCUT2D eigenvalue weighted by Crippen LogP contribution is -2.55. The number of ether oxygens (including phenoxy) is 1. The van der Waals surface area contributed by atoms with Gasteiger partial charge in [-0.05, 0) is 29.8 Å². The van der Waals surface area contributed by atoms with E-state index in [0.29, 0.717) is 11.1 Å². The lowest BCUT2D eigenvalue weighted by Gasteiger charge is -2.33. The van der Waals surface area contributed by atoms with Gasteiger partial charge in [0.05, 0.1) is 24.3 Å². The lowest BCUT2D eigenvalue weighted by molar-refractivity contribution is -0.122. The third kappa shape index (κ3) is 3.35. The fourth-order valence-electron chi connectivity index (χ4n) is 3.96. The number of pyridine rings is 1. The summed E-state index contributed by atoms with van der Waals surface area (Å²) in [6.45, 7) is 0.895. The lowest BCUT2D eigenvalue weighted by atomic mass is 9.82. The van der Waals surface area contributed by atoms with E-state index >= 15 is 0 Å². The van der Waals surface area contributed by atoms with Crippen molar-refractivity contribution in [3.8, 4) is 0 Å². The highest BCUT2D eigenvalue weighted by molar-refractivity contribution is 5.94. The van der Waals surface area contributed by atoms with Gasteiger partial charge in [0, 0.05) is 37.8 Å². The van der Waals surface area contributed by atoms with Crippen molar-refractivity contribution in [3.05, 3.63) is 65.5 Å². The SMILES string of the molecule is O=C1CCOC[C@]2(CN(C(=O)c3cccnc3)C[C@H]2c2ccc(F)c(F)c2)N1. The van der Waals surface area contributed by atoms with Crippen LogP contribution in [0.4, 0.5) is 8.78 Å². The molecule has 6 nitrogen and oxygen atoms in total. The molecule has 0 radical (unpaired) electrons. The number of hydrogen-bond donors (Lipinski definition) is 1. The molecule has 0 aliphatic carbocycles. The summed E-state index contributed by atoms with van der Waals surface area (Å²) in [5, 5.41) is 2.98. The first-order valence-corrected chi connectivity index (χ1v) is 9.01. The van der Waals surface area contributed by atoms with Gasteiger partial charge in [-0.15, -0.1) is 0 Å². The van der Waals surface area contributed by atoms with Gasteiger partial charge in [-0.3, -0.25) is 14.6 Å². The molecule has 0 unspecified atom stereocenters. The van der Waals surface area contributed by atoms with E-state index in [1.807, 2.05) is 0 Å². The number of nitrogens with zero attached hydrogens (tertiary/aromatic N) is 2. The van der Waals surface area contributed by atoms with Crippen molar-refractivity contribution in [2.45, 2.75) is 17.9 Å². The predicted octanol–water partition coefficient (Wildman–Crippen LogP) is 1.87. The summed E-state index contributed by atoms with van der Waals surface area (Å²) in [5.74, 6) is -2.78. The maximum atomic E-state index is 13.9. The molecule has 4 rings (SSSR count). The van der Waals surface area contributed by atoms with Crippen molar-refractivity contribution in [2.24, 2.45) is 0 Å². The van der Waals surface area contributed by atoms with Crippen LogP contribution in [0.5, 0.6) is 0 Å². The van der Waals surface area contributed by atoms with E-state index in [1.54, 1.807) is 23.2 Å². The molecule has 8 heteroatoms. The topological polar surface area (TPSA) is 71.5 Å². The molecule has 2 aliphatic rings. The summed E-state index contributed by atoms with van der Waals surface area (Å²) in [4.78, 5) is 30.8. The number of hydrogen-bond acceptors (Lipinski definition) is 4. The molecule has 2 aliphatic heterocycles. The summed E-state index contributed by atoms with van der Waals surface area (Å²) in [6.07, 6.45) is 3.26. The Morgan fingerprint density at radius 2 is 2.14 bits per heavy atom. The maximum absolute atomic E-state index is 13.9. The molecule has 2 atom stereocenters. The zero-order chi connectivity index (χ0) is 19.7. The first-order chi connectivity index (χ1) is 13.5. The maximum Gasteiger partial charge on any atom is 0.255 e. The summed E-state index contributed by atoms with van der Waals surface area (Å²) in [5.41, 5.74) is 0.0195. The van der Waals surface area contributed by atoms with Gasteiger partial charge in [-0.1, -0.05) is 6.07 Å². The monoisotopic (exact) mass is 387 g/mol. The van der Waals surface area contributed by atoms with Gasteiger partial charge < -0.3 is 15.0 Å². The highest BCUT2D eigenvalue weighted by atomic mass is 19.2. The van der Waals surface area contributed by atoms with Gasteiger partial charge in [0.1, 0.15) is 0 Å². The molecule has 0 bridgehead atoms. The quantitative estimate of drug-likeness (QED) is 0.854. The number of carbonyl (C=O) groups is 2. The summed E-state index contributed by atoms with van der Waals surface area (Å²) >= 11 is 0. The minimum atomic E-state index is -0.967. The minimum Gasteiger partial charge on any atom is -0.378 e. The average molecular weight is 387 g/mol. The van der Waals surface area contributed by atoms with Gasteiger partial charge in [0.2, 0.25) is 5.91 Å². The zero-order valence-corrected chi connectivity index (χ0v) is 15.0. The highest BCUT2D eigenvalue weighted by Gasteiger charge is 2.51. The number of benzene rings is 1. The fraction of sp³-hybridized carbons (Fsp3) is 0.350. The van der Waals surface area contributed by atoms with Crippen LogP contribution in [0.2, 0.25) is 0 Å². The molecule has 1 N–H and O–H groups in total. The molecule has 146 valence electrons. The van der Waals surface area contributed by atoms with E-state index in [4.69, 9.17) is 4.74 Å². The molecule has 1 aromatic heterocycles. The Kier molecular flexibility index (Phi) is 4.80. The number of rotatable bonds is 2. The Morgan fingerprint density at radius 3 is 2.89 bits per heavy atom. The molecule has 2 saturated heterocycles. The Labute approximate surface area is 160 Å². The van der Waals surface area contributed by atoms with Gasteiger partial charge in [0.15, 0.2) is 11.6 Å². The van der Waals surface area contributed by atoms with E-state index in [0.717, 1.165) is 12.1 Å². The minimum absolute atomic E-state index is 0.180. The molecule has 0 saturated carbocycles. The van der Waals surface area contributed by atoms with Crippen LogP contribution >= 0.6 is 0 Å². The largest absolute Gasteiger partial charge is 0.378 e. The van der Waals surface area contributed by atoms with Crippen molar-refractivity contribution in [1.29, 1.82) is 0 Å². The third-order valence-corrected chi connectivity index (χ3v) is 5.31. The second kappa shape index (κ2) is 7.27. The number of amides is 2. The average Bonchev–Trinajstić information content (AvgIpc) is 2.95. The van der Waals surface area contributed by atoms with Crippen LogP contribution in [0.15, 0.2) is 42.7 Å². The molecule has 1 aromatic carbocycles. The van der Waals surface area contributed by atoms with Crippen molar-refractivity contribution in [1.82, 2.24) is 15.2 Å². The van der Waals surface area contributed by atoms with Gasteiger partial charge in [-0.2, -0.15) is 0 Å². The molecular weight excluding hydrogens is 368 g/mol. The number of halogens is 2. The Hall–Kier alpha value is -2.87. The molecule has 28 heavy (non-hydrogen) atoms. The second-order valence-corrected chi connectivity index (χ2v) is 7.16. The smallest absolute Gasteiger partial charge is 0.255 e. The van der Waals surface area contributed by atoms with Crippen LogP contribution in [-0.2, 0) is 9.53 Å². The van der Waals surface area contributed by atoms with Crippen LogP contribution < -0.4 is 5.32 Å². The van der Waals surface area contributed by atoms with Crippen molar-refractivity contribution < 1.29 is 23.1 Å². The van der Waals surface area contributed by atoms with Crippen LogP contribution in [0.3, 0.4) is 0 Å². The Morgan fingerprint density at radius 1 is 1.29 bits per heavy atom. The van der Waals surface area contributed by atoms with Crippen LogP contribution in [-0.4, -0.2) is 53.5 Å². The van der Waals surface area contributed by atoms with E-state index in [1.165, 1.54) is 12.3 Å². The molecule has 3 heterocycles. The molecular formula is C20H19F2N3O3. The number of nitrogens with one attached hydrogen (secondary N) is 1. The third-order valence-electron chi connectivity index (χ3n) is 5.31. The Bertz CT molecular complexity index is 909. The van der Waals surface area contributed by atoms with Crippen LogP contribution in [0.1, 0.15) is 28.3 Å². The second-order valence-electron chi connectivity index (χ2n) is 7.16. The van der Waals surface area contributed by atoms with E-state index in [9.17, 15) is 18.4 Å². The van der Waals surface area contributed by atoms with Crippen LogP contribution in [0, 0.1) is 11.6 Å². The first-order valence-electron chi connectivity index (χ1n) is 9.01. The normalized spacial score (nSPS) is 24.9. The Balaban J connectivity index is 1.71. The van der Waals surface area contributed by atoms with E-state index < -0.39 is 23.1 Å². The van der Waals surface area contributed by atoms with Crippen molar-refractivity contribution in [3.63, 3.8) is 0 Å². The zero-order valence-electron chi connectivity index (χ0n) is 15.0. The predicted molar refractivity (Wildman–Crippen MR) is 95.5 cm³/mol. The van der Waals surface area contributed by atoms with Gasteiger partial charge in [0.25, 0.3) is 5.91 Å². The van der Waals surface area contributed by atoms with Gasteiger partial charge in [-0.25, -0.2) is 8.78 Å². The van der Waals surface area contributed by atoms with Crippen molar-refractivity contribution in [2.75, 3.05) is 26.3 Å². The van der Waals surface area contributed by atoms with Crippen LogP contribution in [0.25, 0.3) is 0 Å². The van der Waals surface area contributed by atoms with Crippen molar-refractivity contribution >= 4 is 11.8 Å². The first kappa shape index (κ1) is 18.5.